The number of benzene rings is 1. The van der Waals surface area contributed by atoms with Gasteiger partial charge in [-0.05, 0) is 12.3 Å². The van der Waals surface area contributed by atoms with E-state index in [0.717, 1.165) is 11.8 Å². The van der Waals surface area contributed by atoms with Gasteiger partial charge in [-0.25, -0.2) is 4.79 Å². The average Bonchev–Trinajstić information content (AvgIpc) is 2.66. The van der Waals surface area contributed by atoms with Crippen molar-refractivity contribution in [2.75, 3.05) is 39.2 Å². The topological polar surface area (TPSA) is 61.2 Å². The third kappa shape index (κ3) is 4.18. The number of carbonyl (C=O) groups excluding carboxylic acids is 1. The Morgan fingerprint density at radius 1 is 1.24 bits per heavy atom. The maximum absolute atomic E-state index is 12.2. The average molecular weight is 349 g/mol. The SMILES string of the molecule is CC[C@H]1C[NH+]2CC[C@H]1C[C@@H]2COC(=O)Nc1cc(OC)cc(OC)c1. The van der Waals surface area contributed by atoms with Crippen LogP contribution in [0.3, 0.4) is 0 Å². The molecule has 25 heavy (non-hydrogen) atoms. The van der Waals surface area contributed by atoms with Gasteiger partial charge in [0.05, 0.1) is 33.0 Å². The molecule has 1 amide bonds. The predicted molar refractivity (Wildman–Crippen MR) is 95.5 cm³/mol. The molecule has 6 heteroatoms. The summed E-state index contributed by atoms with van der Waals surface area (Å²) in [4.78, 5) is 13.8. The van der Waals surface area contributed by atoms with Crippen LogP contribution in [0.5, 0.6) is 11.5 Å². The van der Waals surface area contributed by atoms with E-state index in [0.29, 0.717) is 29.8 Å². The van der Waals surface area contributed by atoms with Crippen molar-refractivity contribution in [2.45, 2.75) is 32.2 Å². The first kappa shape index (κ1) is 17.9. The number of hydrogen-bond donors (Lipinski definition) is 2. The molecule has 1 aromatic carbocycles. The van der Waals surface area contributed by atoms with Gasteiger partial charge in [0.2, 0.25) is 0 Å². The van der Waals surface area contributed by atoms with Gasteiger partial charge in [-0.2, -0.15) is 0 Å². The number of amides is 1. The molecule has 3 aliphatic rings. The molecule has 3 saturated heterocycles. The Hall–Kier alpha value is -1.95. The van der Waals surface area contributed by atoms with Crippen molar-refractivity contribution in [1.29, 1.82) is 0 Å². The van der Waals surface area contributed by atoms with Crippen molar-refractivity contribution in [1.82, 2.24) is 0 Å². The normalized spacial score (nSPS) is 27.6. The lowest BCUT2D eigenvalue weighted by Crippen LogP contribution is -3.20. The lowest BCUT2D eigenvalue weighted by Gasteiger charge is -2.46. The van der Waals surface area contributed by atoms with E-state index in [2.05, 4.69) is 12.2 Å². The number of fused-ring (bicyclic) bond motifs is 3. The van der Waals surface area contributed by atoms with Crippen LogP contribution in [0.2, 0.25) is 0 Å². The van der Waals surface area contributed by atoms with Crippen LogP contribution < -0.4 is 19.7 Å². The molecule has 0 saturated carbocycles. The van der Waals surface area contributed by atoms with Gasteiger partial charge in [0.1, 0.15) is 24.1 Å². The van der Waals surface area contributed by atoms with Crippen LogP contribution in [0, 0.1) is 11.8 Å². The number of hydrogen-bond acceptors (Lipinski definition) is 4. The number of rotatable bonds is 6. The minimum Gasteiger partial charge on any atom is -0.497 e. The molecule has 2 N–H and O–H groups in total. The Morgan fingerprint density at radius 3 is 2.52 bits per heavy atom. The summed E-state index contributed by atoms with van der Waals surface area (Å²) in [7, 11) is 3.16. The minimum absolute atomic E-state index is 0.426. The molecule has 0 aliphatic carbocycles. The smallest absolute Gasteiger partial charge is 0.411 e. The first-order valence-corrected chi connectivity index (χ1v) is 9.14. The third-order valence-corrected chi connectivity index (χ3v) is 5.73. The number of carbonyl (C=O) groups is 1. The van der Waals surface area contributed by atoms with Crippen LogP contribution in [-0.4, -0.2) is 46.1 Å². The summed E-state index contributed by atoms with van der Waals surface area (Å²) in [5.41, 5.74) is 0.602. The van der Waals surface area contributed by atoms with Crippen molar-refractivity contribution >= 4 is 11.8 Å². The van der Waals surface area contributed by atoms with E-state index in [1.807, 2.05) is 0 Å². The van der Waals surface area contributed by atoms with Crippen molar-refractivity contribution in [3.63, 3.8) is 0 Å². The van der Waals surface area contributed by atoms with Gasteiger partial charge >= 0.3 is 6.09 Å². The third-order valence-electron chi connectivity index (χ3n) is 5.73. The number of anilines is 1. The predicted octanol–water partition coefficient (Wildman–Crippen LogP) is 1.96. The maximum atomic E-state index is 12.2. The highest BCUT2D eigenvalue weighted by molar-refractivity contribution is 5.85. The Balaban J connectivity index is 1.52. The fourth-order valence-corrected chi connectivity index (χ4v) is 4.30. The largest absolute Gasteiger partial charge is 0.497 e. The lowest BCUT2D eigenvalue weighted by molar-refractivity contribution is -0.946. The molecule has 1 aromatic rings. The van der Waals surface area contributed by atoms with E-state index in [1.165, 1.54) is 32.4 Å². The molecule has 0 radical (unpaired) electrons. The Bertz CT molecular complexity index is 585. The Labute approximate surface area is 149 Å². The van der Waals surface area contributed by atoms with Gasteiger partial charge < -0.3 is 19.1 Å². The van der Waals surface area contributed by atoms with Gasteiger partial charge in [0.25, 0.3) is 0 Å². The monoisotopic (exact) mass is 349 g/mol. The Morgan fingerprint density at radius 2 is 1.96 bits per heavy atom. The highest BCUT2D eigenvalue weighted by Crippen LogP contribution is 2.29. The second kappa shape index (κ2) is 7.95. The zero-order valence-corrected chi connectivity index (χ0v) is 15.3. The molecule has 6 nitrogen and oxygen atoms in total. The second-order valence-corrected chi connectivity index (χ2v) is 7.09. The first-order valence-electron chi connectivity index (χ1n) is 9.14. The quantitative estimate of drug-likeness (QED) is 0.824. The molecular weight excluding hydrogens is 320 g/mol. The molecule has 3 heterocycles. The molecule has 3 fully saturated rings. The van der Waals surface area contributed by atoms with Gasteiger partial charge in [-0.15, -0.1) is 0 Å². The molecule has 4 rings (SSSR count). The summed E-state index contributed by atoms with van der Waals surface area (Å²) >= 11 is 0. The molecule has 138 valence electrons. The zero-order valence-electron chi connectivity index (χ0n) is 15.3. The van der Waals surface area contributed by atoms with Crippen molar-refractivity contribution in [3.8, 4) is 11.5 Å². The molecule has 0 spiro atoms. The molecular formula is C19H29N2O4+. The molecule has 2 bridgehead atoms. The molecule has 3 aliphatic heterocycles. The van der Waals surface area contributed by atoms with E-state index in [4.69, 9.17) is 14.2 Å². The van der Waals surface area contributed by atoms with Crippen molar-refractivity contribution in [3.05, 3.63) is 18.2 Å². The van der Waals surface area contributed by atoms with Gasteiger partial charge in [0, 0.05) is 37.0 Å². The van der Waals surface area contributed by atoms with E-state index < -0.39 is 6.09 Å². The van der Waals surface area contributed by atoms with Crippen LogP contribution >= 0.6 is 0 Å². The highest BCUT2D eigenvalue weighted by atomic mass is 16.5. The summed E-state index contributed by atoms with van der Waals surface area (Å²) in [5, 5.41) is 2.76. The fraction of sp³-hybridized carbons (Fsp3) is 0.632. The van der Waals surface area contributed by atoms with Crippen LogP contribution in [0.15, 0.2) is 18.2 Å². The number of ether oxygens (including phenoxy) is 3. The van der Waals surface area contributed by atoms with E-state index >= 15 is 0 Å². The highest BCUT2D eigenvalue weighted by Gasteiger charge is 2.43. The molecule has 0 aromatic heterocycles. The van der Waals surface area contributed by atoms with E-state index in [9.17, 15) is 4.79 Å². The first-order chi connectivity index (χ1) is 12.1. The van der Waals surface area contributed by atoms with E-state index in [1.54, 1.807) is 37.3 Å². The van der Waals surface area contributed by atoms with Crippen molar-refractivity contribution < 1.29 is 23.9 Å². The van der Waals surface area contributed by atoms with Crippen LogP contribution in [-0.2, 0) is 4.74 Å². The van der Waals surface area contributed by atoms with Gasteiger partial charge in [-0.1, -0.05) is 6.92 Å². The van der Waals surface area contributed by atoms with Crippen LogP contribution in [0.4, 0.5) is 10.5 Å². The number of nitrogens with one attached hydrogen (secondary N) is 2. The second-order valence-electron chi connectivity index (χ2n) is 7.09. The summed E-state index contributed by atoms with van der Waals surface area (Å²) in [6, 6.07) is 5.68. The summed E-state index contributed by atoms with van der Waals surface area (Å²) < 4.78 is 15.9. The maximum Gasteiger partial charge on any atom is 0.411 e. The van der Waals surface area contributed by atoms with E-state index in [-0.39, 0.29) is 0 Å². The van der Waals surface area contributed by atoms with Crippen LogP contribution in [0.1, 0.15) is 26.2 Å². The summed E-state index contributed by atoms with van der Waals surface area (Å²) in [6.45, 7) is 5.20. The molecule has 1 unspecified atom stereocenters. The minimum atomic E-state index is -0.426. The molecule has 4 atom stereocenters. The van der Waals surface area contributed by atoms with Crippen LogP contribution in [0.25, 0.3) is 0 Å². The fourth-order valence-electron chi connectivity index (χ4n) is 4.30. The van der Waals surface area contributed by atoms with Crippen molar-refractivity contribution in [2.24, 2.45) is 11.8 Å². The number of methoxy groups -OCH3 is 2. The zero-order chi connectivity index (χ0) is 17.8. The number of piperidine rings is 3. The summed E-state index contributed by atoms with van der Waals surface area (Å²) in [5.74, 6) is 2.90. The standard InChI is InChI=1S/C19H28N2O4/c1-4-13-11-21-6-5-14(13)7-16(21)12-25-19(22)20-15-8-17(23-2)10-18(9-15)24-3/h8-10,13-14,16H,4-7,11-12H2,1-3H3,(H,20,22)/p+1/t13-,14-,16+/m0/s1. The lowest BCUT2D eigenvalue weighted by atomic mass is 9.75. The van der Waals surface area contributed by atoms with Gasteiger partial charge in [0.15, 0.2) is 0 Å². The summed E-state index contributed by atoms with van der Waals surface area (Å²) in [6.07, 6.45) is 3.33. The number of quaternary nitrogens is 1. The Kier molecular flexibility index (Phi) is 5.68. The van der Waals surface area contributed by atoms with Gasteiger partial charge in [-0.3, -0.25) is 5.32 Å².